The van der Waals surface area contributed by atoms with Gasteiger partial charge < -0.3 is 24.9 Å². The van der Waals surface area contributed by atoms with Gasteiger partial charge in [0.2, 0.25) is 5.91 Å². The van der Waals surface area contributed by atoms with Crippen LogP contribution in [0.5, 0.6) is 11.5 Å². The number of fused-ring (bicyclic) bond motifs is 1. The summed E-state index contributed by atoms with van der Waals surface area (Å²) in [6.07, 6.45) is 1.99. The number of carbonyl (C=O) groups is 2. The van der Waals surface area contributed by atoms with Crippen molar-refractivity contribution in [2.75, 3.05) is 20.8 Å². The molecule has 0 spiro atoms. The second kappa shape index (κ2) is 7.04. The van der Waals surface area contributed by atoms with Crippen molar-refractivity contribution in [1.82, 2.24) is 10.3 Å². The van der Waals surface area contributed by atoms with Crippen molar-refractivity contribution in [1.29, 1.82) is 0 Å². The molecule has 2 aromatic rings. The molecule has 1 aliphatic carbocycles. The maximum absolute atomic E-state index is 11.8. The van der Waals surface area contributed by atoms with Gasteiger partial charge in [0.15, 0.2) is 0 Å². The molecule has 0 radical (unpaired) electrons. The lowest BCUT2D eigenvalue weighted by atomic mass is 10.2. The van der Waals surface area contributed by atoms with Crippen LogP contribution in [0.3, 0.4) is 0 Å². The molecule has 1 aliphatic rings. The summed E-state index contributed by atoms with van der Waals surface area (Å²) in [6.45, 7) is 0.525. The Labute approximate surface area is 145 Å². The standard InChI is InChI=1S/C18H22N2O5/c1-24-11-7-15-14(16(8-11)25-2)6-10(20-15)4-3-5-19-17(21)12-9-13(12)18(22)23/h6-8,12-13,20H,3-5,9H2,1-2H3,(H,19,21)(H,22,23)/t12-,13-/m1/s1. The summed E-state index contributed by atoms with van der Waals surface area (Å²) in [7, 11) is 3.24. The van der Waals surface area contributed by atoms with Gasteiger partial charge in [-0.05, 0) is 25.3 Å². The third kappa shape index (κ3) is 3.70. The quantitative estimate of drug-likeness (QED) is 0.634. The smallest absolute Gasteiger partial charge is 0.307 e. The van der Waals surface area contributed by atoms with Crippen LogP contribution in [0.25, 0.3) is 10.9 Å². The predicted molar refractivity (Wildman–Crippen MR) is 92.0 cm³/mol. The lowest BCUT2D eigenvalue weighted by Crippen LogP contribution is -2.27. The lowest BCUT2D eigenvalue weighted by Gasteiger charge is -2.04. The fourth-order valence-corrected chi connectivity index (χ4v) is 3.04. The van der Waals surface area contributed by atoms with Crippen LogP contribution in [0.15, 0.2) is 18.2 Å². The topological polar surface area (TPSA) is 101 Å². The van der Waals surface area contributed by atoms with Crippen LogP contribution in [0, 0.1) is 11.8 Å². The van der Waals surface area contributed by atoms with Crippen molar-refractivity contribution < 1.29 is 24.2 Å². The summed E-state index contributed by atoms with van der Waals surface area (Å²) >= 11 is 0. The highest BCUT2D eigenvalue weighted by molar-refractivity contribution is 5.89. The number of rotatable bonds is 8. The fourth-order valence-electron chi connectivity index (χ4n) is 3.04. The van der Waals surface area contributed by atoms with Gasteiger partial charge in [0.1, 0.15) is 11.5 Å². The Balaban J connectivity index is 1.53. The molecule has 0 unspecified atom stereocenters. The maximum Gasteiger partial charge on any atom is 0.307 e. The minimum absolute atomic E-state index is 0.157. The minimum atomic E-state index is -0.886. The zero-order chi connectivity index (χ0) is 18.0. The van der Waals surface area contributed by atoms with E-state index in [9.17, 15) is 9.59 Å². The van der Waals surface area contributed by atoms with Crippen LogP contribution in [0.1, 0.15) is 18.5 Å². The largest absolute Gasteiger partial charge is 0.497 e. The Hall–Kier alpha value is -2.70. The van der Waals surface area contributed by atoms with E-state index in [1.54, 1.807) is 14.2 Å². The average Bonchev–Trinajstić information content (AvgIpc) is 3.31. The van der Waals surface area contributed by atoms with E-state index in [-0.39, 0.29) is 11.8 Å². The van der Waals surface area contributed by atoms with Gasteiger partial charge in [-0.2, -0.15) is 0 Å². The number of nitrogens with one attached hydrogen (secondary N) is 2. The number of hydrogen-bond acceptors (Lipinski definition) is 4. The van der Waals surface area contributed by atoms with Crippen molar-refractivity contribution in [3.63, 3.8) is 0 Å². The van der Waals surface area contributed by atoms with E-state index in [1.165, 1.54) is 0 Å². The molecule has 1 fully saturated rings. The summed E-state index contributed by atoms with van der Waals surface area (Å²) in [4.78, 5) is 25.9. The van der Waals surface area contributed by atoms with Crippen LogP contribution in [0.4, 0.5) is 0 Å². The predicted octanol–water partition coefficient (Wildman–Crippen LogP) is 1.95. The molecular formula is C18H22N2O5. The number of carboxylic acid groups (broad SMARTS) is 1. The van der Waals surface area contributed by atoms with Crippen LogP contribution in [0.2, 0.25) is 0 Å². The number of ether oxygens (including phenoxy) is 2. The highest BCUT2D eigenvalue weighted by atomic mass is 16.5. The Morgan fingerprint density at radius 3 is 2.68 bits per heavy atom. The number of aromatic nitrogens is 1. The van der Waals surface area contributed by atoms with E-state index in [0.29, 0.717) is 13.0 Å². The molecule has 1 saturated carbocycles. The van der Waals surface area contributed by atoms with E-state index in [0.717, 1.165) is 40.9 Å². The lowest BCUT2D eigenvalue weighted by molar-refractivity contribution is -0.140. The van der Waals surface area contributed by atoms with Crippen LogP contribution in [-0.2, 0) is 16.0 Å². The third-order valence-corrected chi connectivity index (χ3v) is 4.55. The average molecular weight is 346 g/mol. The molecule has 7 nitrogen and oxygen atoms in total. The van der Waals surface area contributed by atoms with Gasteiger partial charge in [-0.3, -0.25) is 9.59 Å². The van der Waals surface area contributed by atoms with Crippen molar-refractivity contribution in [2.45, 2.75) is 19.3 Å². The van der Waals surface area contributed by atoms with Crippen molar-refractivity contribution >= 4 is 22.8 Å². The molecule has 0 saturated heterocycles. The van der Waals surface area contributed by atoms with Gasteiger partial charge in [-0.15, -0.1) is 0 Å². The zero-order valence-corrected chi connectivity index (χ0v) is 14.3. The number of methoxy groups -OCH3 is 2. The van der Waals surface area contributed by atoms with E-state index < -0.39 is 11.9 Å². The highest BCUT2D eigenvalue weighted by Crippen LogP contribution is 2.38. The van der Waals surface area contributed by atoms with Crippen molar-refractivity contribution in [3.05, 3.63) is 23.9 Å². The molecule has 134 valence electrons. The Morgan fingerprint density at radius 1 is 1.24 bits per heavy atom. The van der Waals surface area contributed by atoms with E-state index in [4.69, 9.17) is 14.6 Å². The van der Waals surface area contributed by atoms with Gasteiger partial charge in [-0.1, -0.05) is 0 Å². The minimum Gasteiger partial charge on any atom is -0.497 e. The van der Waals surface area contributed by atoms with E-state index in [2.05, 4.69) is 10.3 Å². The maximum atomic E-state index is 11.8. The zero-order valence-electron chi connectivity index (χ0n) is 14.3. The number of aliphatic carboxylic acids is 1. The highest BCUT2D eigenvalue weighted by Gasteiger charge is 2.48. The molecule has 1 amide bonds. The SMILES string of the molecule is COc1cc(OC)c2cc(CCCNC(=O)[C@@H]3C[C@H]3C(=O)O)[nH]c2c1. The molecule has 2 atom stereocenters. The number of benzene rings is 1. The number of carbonyl (C=O) groups excluding carboxylic acids is 1. The second-order valence-electron chi connectivity index (χ2n) is 6.27. The van der Waals surface area contributed by atoms with Gasteiger partial charge in [-0.25, -0.2) is 0 Å². The molecule has 25 heavy (non-hydrogen) atoms. The van der Waals surface area contributed by atoms with Gasteiger partial charge in [0.05, 0.1) is 31.6 Å². The molecule has 3 N–H and O–H groups in total. The molecule has 7 heteroatoms. The molecular weight excluding hydrogens is 324 g/mol. The van der Waals surface area contributed by atoms with E-state index in [1.807, 2.05) is 18.2 Å². The first kappa shape index (κ1) is 17.1. The number of aryl methyl sites for hydroxylation is 1. The van der Waals surface area contributed by atoms with Crippen LogP contribution >= 0.6 is 0 Å². The third-order valence-electron chi connectivity index (χ3n) is 4.55. The van der Waals surface area contributed by atoms with Crippen molar-refractivity contribution in [3.8, 4) is 11.5 Å². The van der Waals surface area contributed by atoms with Gasteiger partial charge in [0, 0.05) is 29.8 Å². The van der Waals surface area contributed by atoms with Gasteiger partial charge in [0.25, 0.3) is 0 Å². The second-order valence-corrected chi connectivity index (χ2v) is 6.27. The fraction of sp³-hybridized carbons (Fsp3) is 0.444. The molecule has 1 aromatic carbocycles. The number of hydrogen-bond donors (Lipinski definition) is 3. The summed E-state index contributed by atoms with van der Waals surface area (Å²) in [6, 6.07) is 5.80. The molecule has 1 aromatic heterocycles. The normalized spacial score (nSPS) is 18.8. The summed E-state index contributed by atoms with van der Waals surface area (Å²) in [5, 5.41) is 12.6. The Morgan fingerprint density at radius 2 is 2.04 bits per heavy atom. The number of amides is 1. The van der Waals surface area contributed by atoms with Gasteiger partial charge >= 0.3 is 5.97 Å². The molecule has 1 heterocycles. The Bertz CT molecular complexity index is 798. The van der Waals surface area contributed by atoms with Crippen LogP contribution < -0.4 is 14.8 Å². The number of carboxylic acids is 1. The molecule has 0 aliphatic heterocycles. The number of aromatic amines is 1. The van der Waals surface area contributed by atoms with Crippen LogP contribution in [-0.4, -0.2) is 42.7 Å². The first-order valence-electron chi connectivity index (χ1n) is 8.27. The molecule has 3 rings (SSSR count). The summed E-state index contributed by atoms with van der Waals surface area (Å²) < 4.78 is 10.7. The number of H-pyrrole nitrogens is 1. The summed E-state index contributed by atoms with van der Waals surface area (Å²) in [5.74, 6) is -0.433. The summed E-state index contributed by atoms with van der Waals surface area (Å²) in [5.41, 5.74) is 1.99. The first-order chi connectivity index (χ1) is 12.0. The Kier molecular flexibility index (Phi) is 4.83. The van der Waals surface area contributed by atoms with E-state index >= 15 is 0 Å². The first-order valence-corrected chi connectivity index (χ1v) is 8.27. The monoisotopic (exact) mass is 346 g/mol. The molecule has 0 bridgehead atoms. The van der Waals surface area contributed by atoms with Crippen molar-refractivity contribution in [2.24, 2.45) is 11.8 Å².